The Morgan fingerprint density at radius 3 is 2.67 bits per heavy atom. The van der Waals surface area contributed by atoms with Gasteiger partial charge in [0.25, 0.3) is 0 Å². The van der Waals surface area contributed by atoms with Crippen LogP contribution in [0.2, 0.25) is 0 Å². The van der Waals surface area contributed by atoms with Crippen LogP contribution in [0.25, 0.3) is 0 Å². The summed E-state index contributed by atoms with van der Waals surface area (Å²) in [7, 11) is 1.76. The molecule has 0 aromatic carbocycles. The van der Waals surface area contributed by atoms with Crippen molar-refractivity contribution in [2.45, 2.75) is 52.6 Å². The Bertz CT molecular complexity index is 380. The van der Waals surface area contributed by atoms with Gasteiger partial charge in [-0.2, -0.15) is 0 Å². The monoisotopic (exact) mass is 293 g/mol. The van der Waals surface area contributed by atoms with Crippen LogP contribution in [-0.4, -0.2) is 42.7 Å². The van der Waals surface area contributed by atoms with Crippen molar-refractivity contribution < 1.29 is 4.74 Å². The number of nitrogens with zero attached hydrogens (tertiary/aromatic N) is 2. The number of methoxy groups -OCH3 is 1. The first-order valence-electron chi connectivity index (χ1n) is 8.16. The fourth-order valence-electron chi connectivity index (χ4n) is 2.56. The van der Waals surface area contributed by atoms with E-state index >= 15 is 0 Å². The molecule has 0 amide bonds. The van der Waals surface area contributed by atoms with E-state index in [-0.39, 0.29) is 0 Å². The average molecular weight is 293 g/mol. The lowest BCUT2D eigenvalue weighted by Gasteiger charge is -2.30. The molecule has 1 aromatic heterocycles. The van der Waals surface area contributed by atoms with Crippen molar-refractivity contribution in [1.29, 1.82) is 0 Å². The zero-order chi connectivity index (χ0) is 15.5. The molecule has 0 fully saturated rings. The van der Waals surface area contributed by atoms with Gasteiger partial charge in [-0.3, -0.25) is 9.88 Å². The smallest absolute Gasteiger partial charge is 0.0589 e. The fourth-order valence-corrected chi connectivity index (χ4v) is 2.56. The van der Waals surface area contributed by atoms with Crippen molar-refractivity contribution in [1.82, 2.24) is 9.88 Å². The molecule has 1 aromatic rings. The van der Waals surface area contributed by atoms with Gasteiger partial charge in [0.2, 0.25) is 0 Å². The Morgan fingerprint density at radius 1 is 1.29 bits per heavy atom. The van der Waals surface area contributed by atoms with Crippen LogP contribution in [0.3, 0.4) is 0 Å². The van der Waals surface area contributed by atoms with Gasteiger partial charge in [0.05, 0.1) is 12.3 Å². The minimum atomic E-state index is 0.592. The quantitative estimate of drug-likeness (QED) is 0.677. The standard InChI is InChI=1S/C17H31N3O/c1-5-9-18-15-8-10-19-16(13-15)14-20(11-12-21-4)17(6-2)7-3/h8,10,13,17H,5-7,9,11-12,14H2,1-4H3,(H,18,19). The number of hydrogen-bond acceptors (Lipinski definition) is 4. The van der Waals surface area contributed by atoms with E-state index in [1.807, 2.05) is 12.3 Å². The lowest BCUT2D eigenvalue weighted by atomic mass is 10.1. The van der Waals surface area contributed by atoms with Crippen LogP contribution in [0.5, 0.6) is 0 Å². The highest BCUT2D eigenvalue weighted by Gasteiger charge is 2.15. The highest BCUT2D eigenvalue weighted by molar-refractivity contribution is 5.43. The van der Waals surface area contributed by atoms with E-state index in [1.165, 1.54) is 0 Å². The van der Waals surface area contributed by atoms with Crippen molar-refractivity contribution in [3.05, 3.63) is 24.0 Å². The third-order valence-corrected chi connectivity index (χ3v) is 3.80. The van der Waals surface area contributed by atoms with Crippen LogP contribution in [0.15, 0.2) is 18.3 Å². The summed E-state index contributed by atoms with van der Waals surface area (Å²) >= 11 is 0. The van der Waals surface area contributed by atoms with Crippen molar-refractivity contribution >= 4 is 5.69 Å². The normalized spacial score (nSPS) is 11.3. The van der Waals surface area contributed by atoms with Gasteiger partial charge in [0.1, 0.15) is 0 Å². The zero-order valence-electron chi connectivity index (χ0n) is 14.1. The molecule has 0 aliphatic rings. The topological polar surface area (TPSA) is 37.4 Å². The Kier molecular flexibility index (Phi) is 9.02. The molecule has 0 saturated carbocycles. The van der Waals surface area contributed by atoms with Crippen molar-refractivity contribution in [2.24, 2.45) is 0 Å². The number of hydrogen-bond donors (Lipinski definition) is 1. The summed E-state index contributed by atoms with van der Waals surface area (Å²) in [5.41, 5.74) is 2.29. The molecular formula is C17H31N3O. The van der Waals surface area contributed by atoms with Crippen LogP contribution >= 0.6 is 0 Å². The summed E-state index contributed by atoms with van der Waals surface area (Å²) in [6, 6.07) is 4.79. The van der Waals surface area contributed by atoms with E-state index in [0.29, 0.717) is 6.04 Å². The molecular weight excluding hydrogens is 262 g/mol. The summed E-state index contributed by atoms with van der Waals surface area (Å²) in [5.74, 6) is 0. The molecule has 1 N–H and O–H groups in total. The lowest BCUT2D eigenvalue weighted by Crippen LogP contribution is -2.36. The third kappa shape index (κ3) is 6.44. The molecule has 4 nitrogen and oxygen atoms in total. The first kappa shape index (κ1) is 17.9. The number of ether oxygens (including phenoxy) is 1. The van der Waals surface area contributed by atoms with Gasteiger partial charge >= 0.3 is 0 Å². The molecule has 0 saturated heterocycles. The number of anilines is 1. The second-order valence-corrected chi connectivity index (χ2v) is 5.40. The second-order valence-electron chi connectivity index (χ2n) is 5.40. The molecule has 4 heteroatoms. The summed E-state index contributed by atoms with van der Waals surface area (Å²) in [4.78, 5) is 7.01. The van der Waals surface area contributed by atoms with Gasteiger partial charge in [-0.15, -0.1) is 0 Å². The molecule has 0 radical (unpaired) electrons. The third-order valence-electron chi connectivity index (χ3n) is 3.80. The van der Waals surface area contributed by atoms with Gasteiger partial charge in [0.15, 0.2) is 0 Å². The van der Waals surface area contributed by atoms with E-state index in [4.69, 9.17) is 4.74 Å². The summed E-state index contributed by atoms with van der Waals surface area (Å²) in [6.45, 7) is 10.3. The van der Waals surface area contributed by atoms with Gasteiger partial charge < -0.3 is 10.1 Å². The Hall–Kier alpha value is -1.13. The number of pyridine rings is 1. The first-order valence-corrected chi connectivity index (χ1v) is 8.16. The molecule has 0 aliphatic carbocycles. The summed E-state index contributed by atoms with van der Waals surface area (Å²) in [5, 5.41) is 3.43. The van der Waals surface area contributed by atoms with E-state index in [2.05, 4.69) is 42.0 Å². The first-order chi connectivity index (χ1) is 10.2. The molecule has 0 atom stereocenters. The van der Waals surface area contributed by atoms with Gasteiger partial charge in [0, 0.05) is 44.7 Å². The second kappa shape index (κ2) is 10.6. The molecule has 0 unspecified atom stereocenters. The minimum absolute atomic E-state index is 0.592. The summed E-state index contributed by atoms with van der Waals surface area (Å²) in [6.07, 6.45) is 5.35. The zero-order valence-corrected chi connectivity index (χ0v) is 14.1. The molecule has 120 valence electrons. The van der Waals surface area contributed by atoms with E-state index in [9.17, 15) is 0 Å². The van der Waals surface area contributed by atoms with Gasteiger partial charge in [-0.1, -0.05) is 20.8 Å². The number of nitrogens with one attached hydrogen (secondary N) is 1. The highest BCUT2D eigenvalue weighted by atomic mass is 16.5. The maximum Gasteiger partial charge on any atom is 0.0589 e. The fraction of sp³-hybridized carbons (Fsp3) is 0.706. The number of aromatic nitrogens is 1. The largest absolute Gasteiger partial charge is 0.385 e. The predicted molar refractivity (Wildman–Crippen MR) is 89.7 cm³/mol. The maximum absolute atomic E-state index is 5.25. The average Bonchev–Trinajstić information content (AvgIpc) is 2.52. The van der Waals surface area contributed by atoms with Crippen LogP contribution in [0, 0.1) is 0 Å². The van der Waals surface area contributed by atoms with E-state index in [1.54, 1.807) is 7.11 Å². The van der Waals surface area contributed by atoms with Crippen LogP contribution < -0.4 is 5.32 Å². The predicted octanol–water partition coefficient (Wildman–Crippen LogP) is 3.54. The van der Waals surface area contributed by atoms with Crippen molar-refractivity contribution in [3.8, 4) is 0 Å². The van der Waals surface area contributed by atoms with Gasteiger partial charge in [-0.25, -0.2) is 0 Å². The Labute approximate surface area is 129 Å². The Morgan fingerprint density at radius 2 is 2.05 bits per heavy atom. The lowest BCUT2D eigenvalue weighted by molar-refractivity contribution is 0.109. The molecule has 0 spiro atoms. The SMILES string of the molecule is CCCNc1ccnc(CN(CCOC)C(CC)CC)c1. The molecule has 0 bridgehead atoms. The van der Waals surface area contributed by atoms with Crippen LogP contribution in [-0.2, 0) is 11.3 Å². The summed E-state index contributed by atoms with van der Waals surface area (Å²) < 4.78 is 5.25. The highest BCUT2D eigenvalue weighted by Crippen LogP contribution is 2.15. The van der Waals surface area contributed by atoms with Crippen molar-refractivity contribution in [3.63, 3.8) is 0 Å². The van der Waals surface area contributed by atoms with E-state index < -0.39 is 0 Å². The van der Waals surface area contributed by atoms with E-state index in [0.717, 1.165) is 56.9 Å². The number of rotatable bonds is 11. The molecule has 21 heavy (non-hydrogen) atoms. The molecule has 1 heterocycles. The molecule has 0 aliphatic heterocycles. The van der Waals surface area contributed by atoms with Crippen LogP contribution in [0.4, 0.5) is 5.69 Å². The van der Waals surface area contributed by atoms with Crippen molar-refractivity contribution in [2.75, 3.05) is 32.1 Å². The Balaban J connectivity index is 2.72. The molecule has 1 rings (SSSR count). The van der Waals surface area contributed by atoms with Crippen LogP contribution in [0.1, 0.15) is 45.7 Å². The maximum atomic E-state index is 5.25. The van der Waals surface area contributed by atoms with Gasteiger partial charge in [-0.05, 0) is 31.4 Å². The minimum Gasteiger partial charge on any atom is -0.385 e.